The molecule has 1 unspecified atom stereocenters. The van der Waals surface area contributed by atoms with E-state index in [-0.39, 0.29) is 27.3 Å². The molecular formula is C25H31NO4PbS. The number of rotatable bonds is 11. The number of aliphatic carboxylic acids is 1. The van der Waals surface area contributed by atoms with Crippen molar-refractivity contribution >= 4 is 45.0 Å². The molecule has 7 heteroatoms. The standard InChI is InChI=1S/C25H29NO4S.Pb.2H/c1-4-29-24(25(27)28)17-19-6-10-21(11-7-19)30-16-15-26-18(2)5-14-23(26)20-8-12-22(31-3)13-9-20;;;/h5-14,24H,4,15-17H2,1-3H3,(H,27,28);;;. The number of hydrogen-bond donors (Lipinski definition) is 1. The molecule has 1 aromatic heterocycles. The van der Waals surface area contributed by atoms with E-state index in [4.69, 9.17) is 9.47 Å². The second kappa shape index (κ2) is 13.1. The Balaban J connectivity index is 0.00000363. The molecule has 2 radical (unpaired) electrons. The van der Waals surface area contributed by atoms with Gasteiger partial charge < -0.3 is 19.1 Å². The first kappa shape index (κ1) is 26.5. The van der Waals surface area contributed by atoms with Crippen LogP contribution in [0.1, 0.15) is 18.2 Å². The molecular weight excluding hydrogens is 618 g/mol. The molecule has 2 aromatic carbocycles. The zero-order chi connectivity index (χ0) is 22.2. The van der Waals surface area contributed by atoms with Gasteiger partial charge in [0, 0.05) is 29.3 Å². The summed E-state index contributed by atoms with van der Waals surface area (Å²) >= 11 is 1.74. The van der Waals surface area contributed by atoms with Crippen LogP contribution in [0.25, 0.3) is 11.3 Å². The Kier molecular flexibility index (Phi) is 10.8. The van der Waals surface area contributed by atoms with Crippen LogP contribution in [0.2, 0.25) is 0 Å². The Morgan fingerprint density at radius 1 is 1.06 bits per heavy atom. The average molecular weight is 649 g/mol. The zero-order valence-electron chi connectivity index (χ0n) is 18.9. The Morgan fingerprint density at radius 2 is 1.75 bits per heavy atom. The number of carbonyl (C=O) groups is 1. The number of carboxylic acid groups (broad SMARTS) is 1. The second-order valence-electron chi connectivity index (χ2n) is 7.22. The summed E-state index contributed by atoms with van der Waals surface area (Å²) in [6, 6.07) is 20.4. The van der Waals surface area contributed by atoms with Crippen LogP contribution in [0.3, 0.4) is 0 Å². The van der Waals surface area contributed by atoms with Crippen molar-refractivity contribution in [2.24, 2.45) is 0 Å². The third-order valence-electron chi connectivity index (χ3n) is 5.16. The van der Waals surface area contributed by atoms with Crippen LogP contribution in [-0.2, 0) is 22.5 Å². The summed E-state index contributed by atoms with van der Waals surface area (Å²) in [6.07, 6.45) is 1.59. The van der Waals surface area contributed by atoms with Gasteiger partial charge in [-0.3, -0.25) is 0 Å². The Morgan fingerprint density at radius 3 is 2.34 bits per heavy atom. The van der Waals surface area contributed by atoms with Crippen molar-refractivity contribution in [2.45, 2.75) is 37.8 Å². The van der Waals surface area contributed by atoms with Gasteiger partial charge in [-0.1, -0.05) is 24.3 Å². The van der Waals surface area contributed by atoms with Crippen molar-refractivity contribution in [3.63, 3.8) is 0 Å². The van der Waals surface area contributed by atoms with Gasteiger partial charge in [0.05, 0.1) is 6.54 Å². The van der Waals surface area contributed by atoms with Crippen LogP contribution in [0.4, 0.5) is 0 Å². The zero-order valence-corrected chi connectivity index (χ0v) is 25.2. The summed E-state index contributed by atoms with van der Waals surface area (Å²) in [6.45, 7) is 5.56. The Hall–Kier alpha value is -1.78. The van der Waals surface area contributed by atoms with Crippen molar-refractivity contribution in [3.05, 3.63) is 71.9 Å². The first-order valence-electron chi connectivity index (χ1n) is 10.4. The molecule has 1 heterocycles. The minimum atomic E-state index is -0.942. The van der Waals surface area contributed by atoms with Crippen LogP contribution < -0.4 is 4.74 Å². The number of aryl methyl sites for hydroxylation is 1. The van der Waals surface area contributed by atoms with Gasteiger partial charge in [0.25, 0.3) is 0 Å². The number of carboxylic acids is 1. The SMILES string of the molecule is CCOC(Cc1ccc(OCCn2c(C)ccc2-c2ccc(SC)cc2)cc1)C(=O)O.[PbH2]. The van der Waals surface area contributed by atoms with E-state index < -0.39 is 12.1 Å². The molecule has 1 atom stereocenters. The number of ether oxygens (including phenoxy) is 2. The molecule has 0 aliphatic carbocycles. The molecule has 0 aliphatic rings. The molecule has 170 valence electrons. The molecule has 0 bridgehead atoms. The van der Waals surface area contributed by atoms with Crippen LogP contribution in [0.15, 0.2) is 65.6 Å². The van der Waals surface area contributed by atoms with Gasteiger partial charge in [0.1, 0.15) is 12.4 Å². The van der Waals surface area contributed by atoms with E-state index in [2.05, 4.69) is 54.1 Å². The van der Waals surface area contributed by atoms with Gasteiger partial charge in [0.15, 0.2) is 6.10 Å². The molecule has 0 saturated carbocycles. The third kappa shape index (κ3) is 7.11. The number of benzene rings is 2. The Labute approximate surface area is 214 Å². The second-order valence-corrected chi connectivity index (χ2v) is 8.10. The van der Waals surface area contributed by atoms with Crippen LogP contribution in [0.5, 0.6) is 5.75 Å². The van der Waals surface area contributed by atoms with Crippen molar-refractivity contribution in [1.29, 1.82) is 0 Å². The maximum atomic E-state index is 11.3. The maximum absolute atomic E-state index is 11.3. The molecule has 3 rings (SSSR count). The summed E-state index contributed by atoms with van der Waals surface area (Å²) < 4.78 is 13.5. The fourth-order valence-electron chi connectivity index (χ4n) is 3.49. The van der Waals surface area contributed by atoms with E-state index in [1.165, 1.54) is 21.8 Å². The minimum absolute atomic E-state index is 0. The number of nitrogens with zero attached hydrogens (tertiary/aromatic N) is 1. The summed E-state index contributed by atoms with van der Waals surface area (Å²) in [5, 5.41) is 9.23. The topological polar surface area (TPSA) is 60.7 Å². The summed E-state index contributed by atoms with van der Waals surface area (Å²) in [5.41, 5.74) is 4.47. The van der Waals surface area contributed by atoms with Gasteiger partial charge in [0.2, 0.25) is 0 Å². The third-order valence-corrected chi connectivity index (χ3v) is 5.90. The van der Waals surface area contributed by atoms with E-state index in [0.29, 0.717) is 19.6 Å². The van der Waals surface area contributed by atoms with E-state index >= 15 is 0 Å². The van der Waals surface area contributed by atoms with Crippen molar-refractivity contribution in [2.75, 3.05) is 19.5 Å². The van der Waals surface area contributed by atoms with Crippen molar-refractivity contribution < 1.29 is 19.4 Å². The molecule has 0 spiro atoms. The predicted molar refractivity (Wildman–Crippen MR) is 134 cm³/mol. The summed E-state index contributed by atoms with van der Waals surface area (Å²) in [4.78, 5) is 12.5. The van der Waals surface area contributed by atoms with Crippen LogP contribution in [0, 0.1) is 6.92 Å². The fraction of sp³-hybridized carbons (Fsp3) is 0.320. The number of thioether (sulfide) groups is 1. The first-order chi connectivity index (χ1) is 15.0. The summed E-state index contributed by atoms with van der Waals surface area (Å²) in [5.74, 6) is -0.175. The molecule has 0 amide bonds. The predicted octanol–water partition coefficient (Wildman–Crippen LogP) is 4.38. The van der Waals surface area contributed by atoms with E-state index in [9.17, 15) is 9.90 Å². The number of hydrogen-bond acceptors (Lipinski definition) is 4. The normalized spacial score (nSPS) is 11.6. The van der Waals surface area contributed by atoms with Gasteiger partial charge in [-0.05, 0) is 67.6 Å². The van der Waals surface area contributed by atoms with E-state index in [1.54, 1.807) is 18.7 Å². The monoisotopic (exact) mass is 649 g/mol. The average Bonchev–Trinajstić information content (AvgIpc) is 3.15. The fourth-order valence-corrected chi connectivity index (χ4v) is 3.90. The van der Waals surface area contributed by atoms with Crippen molar-refractivity contribution in [1.82, 2.24) is 4.57 Å². The summed E-state index contributed by atoms with van der Waals surface area (Å²) in [7, 11) is 0. The van der Waals surface area contributed by atoms with Gasteiger partial charge in [-0.2, -0.15) is 0 Å². The van der Waals surface area contributed by atoms with E-state index in [0.717, 1.165) is 17.9 Å². The molecule has 32 heavy (non-hydrogen) atoms. The van der Waals surface area contributed by atoms with Crippen molar-refractivity contribution in [3.8, 4) is 17.0 Å². The molecule has 0 saturated heterocycles. The molecule has 5 nitrogen and oxygen atoms in total. The first-order valence-corrected chi connectivity index (χ1v) is 11.6. The molecule has 1 N–H and O–H groups in total. The number of aromatic nitrogens is 1. The Bertz CT molecular complexity index is 986. The van der Waals surface area contributed by atoms with Gasteiger partial charge >= 0.3 is 33.3 Å². The quantitative estimate of drug-likeness (QED) is 0.247. The van der Waals surface area contributed by atoms with E-state index in [1.807, 2.05) is 24.3 Å². The van der Waals surface area contributed by atoms with Gasteiger partial charge in [-0.25, -0.2) is 4.79 Å². The van der Waals surface area contributed by atoms with Crippen LogP contribution >= 0.6 is 11.8 Å². The van der Waals surface area contributed by atoms with Crippen LogP contribution in [-0.4, -0.2) is 68.5 Å². The molecule has 3 aromatic rings. The van der Waals surface area contributed by atoms with Gasteiger partial charge in [-0.15, -0.1) is 11.8 Å². The molecule has 0 aliphatic heterocycles. The molecule has 0 fully saturated rings.